The summed E-state index contributed by atoms with van der Waals surface area (Å²) in [5, 5.41) is -0.347. The number of carbonyl (C=O) groups excluding carboxylic acids is 1. The molecule has 0 saturated carbocycles. The third-order valence-electron chi connectivity index (χ3n) is 4.22. The molecule has 1 aliphatic heterocycles. The number of carbonyl (C=O) groups is 1. The van der Waals surface area contributed by atoms with Crippen LogP contribution >= 0.6 is 15.9 Å². The highest BCUT2D eigenvalue weighted by Gasteiger charge is 2.40. The third-order valence-corrected chi connectivity index (χ3v) is 5.52. The van der Waals surface area contributed by atoms with E-state index in [1.54, 1.807) is 24.8 Å². The van der Waals surface area contributed by atoms with Crippen molar-refractivity contribution in [2.24, 2.45) is 0 Å². The van der Waals surface area contributed by atoms with E-state index in [2.05, 4.69) is 30.9 Å². The van der Waals surface area contributed by atoms with Crippen LogP contribution in [0.2, 0.25) is 0 Å². The monoisotopic (exact) mass is 468 g/mol. The number of pyridine rings is 1. The Morgan fingerprint density at radius 3 is 2.57 bits per heavy atom. The van der Waals surface area contributed by atoms with Gasteiger partial charge in [-0.25, -0.2) is 23.2 Å². The molecule has 0 N–H and O–H groups in total. The Hall–Kier alpha value is -2.07. The van der Waals surface area contributed by atoms with Gasteiger partial charge in [-0.05, 0) is 41.9 Å². The van der Waals surface area contributed by atoms with Crippen molar-refractivity contribution in [1.29, 1.82) is 0 Å². The number of fused-ring (bicyclic) bond motifs is 1. The molecule has 1 aliphatic rings. The van der Waals surface area contributed by atoms with E-state index in [9.17, 15) is 13.2 Å². The molecule has 0 bridgehead atoms. The van der Waals surface area contributed by atoms with E-state index in [1.807, 2.05) is 19.9 Å². The number of esters is 1. The second-order valence-corrected chi connectivity index (χ2v) is 10.3. The van der Waals surface area contributed by atoms with Gasteiger partial charge in [0, 0.05) is 24.4 Å². The van der Waals surface area contributed by atoms with E-state index >= 15 is 0 Å². The van der Waals surface area contributed by atoms with E-state index in [0.717, 1.165) is 17.6 Å². The summed E-state index contributed by atoms with van der Waals surface area (Å²) in [5.41, 5.74) is 1.34. The average molecular weight is 469 g/mol. The second kappa shape index (κ2) is 7.07. The first kappa shape index (κ1) is 20.7. The fourth-order valence-corrected chi connectivity index (χ4v) is 3.86. The number of hydrogen-bond acceptors (Lipinski definition) is 8. The van der Waals surface area contributed by atoms with Crippen LogP contribution in [0.3, 0.4) is 0 Å². The summed E-state index contributed by atoms with van der Waals surface area (Å²) in [6.45, 7) is 7.98. The Morgan fingerprint density at radius 1 is 1.29 bits per heavy atom. The Bertz CT molecular complexity index is 1050. The number of nitrogens with zero attached hydrogens (tertiary/aromatic N) is 4. The standard InChI is InChI=1S/C18H21BrN4O4S/c1-10(2)27-16(24)11-8-20-17(28(5,25)26)22-15(11)23-9-18(3,4)14-12(23)6-7-13(19)21-14/h6-8,10H,9H2,1-5H3. The van der Waals surface area contributed by atoms with Crippen molar-refractivity contribution in [3.05, 3.63) is 34.2 Å². The molecule has 0 unspecified atom stereocenters. The lowest BCUT2D eigenvalue weighted by molar-refractivity contribution is 0.0377. The molecule has 2 aromatic rings. The van der Waals surface area contributed by atoms with Crippen molar-refractivity contribution >= 4 is 43.2 Å². The average Bonchev–Trinajstić information content (AvgIpc) is 2.83. The van der Waals surface area contributed by atoms with Gasteiger partial charge in [0.1, 0.15) is 10.2 Å². The molecule has 0 aromatic carbocycles. The Balaban J connectivity index is 2.21. The summed E-state index contributed by atoms with van der Waals surface area (Å²) in [4.78, 5) is 27.1. The molecule has 0 saturated heterocycles. The summed E-state index contributed by atoms with van der Waals surface area (Å²) in [6, 6.07) is 3.65. The summed E-state index contributed by atoms with van der Waals surface area (Å²) >= 11 is 3.39. The molecule has 3 rings (SSSR count). The lowest BCUT2D eigenvalue weighted by atomic mass is 9.91. The van der Waals surface area contributed by atoms with Crippen LogP contribution in [0, 0.1) is 0 Å². The van der Waals surface area contributed by atoms with Crippen LogP contribution in [-0.4, -0.2) is 48.2 Å². The summed E-state index contributed by atoms with van der Waals surface area (Å²) in [6.07, 6.45) is 1.90. The van der Waals surface area contributed by atoms with E-state index in [0.29, 0.717) is 11.1 Å². The molecule has 0 spiro atoms. The van der Waals surface area contributed by atoms with Crippen molar-refractivity contribution in [3.8, 4) is 0 Å². The first-order valence-corrected chi connectivity index (χ1v) is 11.3. The van der Waals surface area contributed by atoms with Crippen LogP contribution < -0.4 is 4.90 Å². The van der Waals surface area contributed by atoms with Crippen molar-refractivity contribution in [1.82, 2.24) is 15.0 Å². The first-order chi connectivity index (χ1) is 12.9. The maximum absolute atomic E-state index is 12.6. The van der Waals surface area contributed by atoms with E-state index in [1.165, 1.54) is 6.20 Å². The molecule has 0 radical (unpaired) electrons. The summed E-state index contributed by atoms with van der Waals surface area (Å²) in [5.74, 6) is -0.418. The lowest BCUT2D eigenvalue weighted by Gasteiger charge is -2.23. The predicted octanol–water partition coefficient (Wildman–Crippen LogP) is 3.03. The molecule has 28 heavy (non-hydrogen) atoms. The van der Waals surface area contributed by atoms with Gasteiger partial charge in [-0.2, -0.15) is 4.98 Å². The maximum Gasteiger partial charge on any atom is 0.343 e. The summed E-state index contributed by atoms with van der Waals surface area (Å²) < 4.78 is 30.0. The number of sulfone groups is 1. The molecule has 150 valence electrons. The van der Waals surface area contributed by atoms with Crippen LogP contribution in [0.5, 0.6) is 0 Å². The number of aromatic nitrogens is 3. The zero-order valence-electron chi connectivity index (χ0n) is 16.2. The highest BCUT2D eigenvalue weighted by molar-refractivity contribution is 9.10. The van der Waals surface area contributed by atoms with Gasteiger partial charge in [0.2, 0.25) is 15.0 Å². The molecule has 0 atom stereocenters. The van der Waals surface area contributed by atoms with Crippen molar-refractivity contribution in [2.45, 2.75) is 44.4 Å². The summed E-state index contributed by atoms with van der Waals surface area (Å²) in [7, 11) is -3.66. The molecule has 2 aromatic heterocycles. The van der Waals surface area contributed by atoms with Gasteiger partial charge in [-0.1, -0.05) is 13.8 Å². The fraction of sp³-hybridized carbons (Fsp3) is 0.444. The first-order valence-electron chi connectivity index (χ1n) is 8.63. The molecule has 8 nitrogen and oxygen atoms in total. The van der Waals surface area contributed by atoms with Crippen LogP contribution in [0.25, 0.3) is 0 Å². The number of anilines is 2. The van der Waals surface area contributed by atoms with Gasteiger partial charge in [-0.3, -0.25) is 0 Å². The molecular weight excluding hydrogens is 448 g/mol. The molecule has 0 amide bonds. The van der Waals surface area contributed by atoms with Crippen LogP contribution in [0.1, 0.15) is 43.7 Å². The molecule has 3 heterocycles. The van der Waals surface area contributed by atoms with E-state index in [4.69, 9.17) is 4.74 Å². The molecular formula is C18H21BrN4O4S. The van der Waals surface area contributed by atoms with Crippen molar-refractivity contribution < 1.29 is 17.9 Å². The van der Waals surface area contributed by atoms with E-state index in [-0.39, 0.29) is 28.1 Å². The van der Waals surface area contributed by atoms with Gasteiger partial charge in [-0.15, -0.1) is 0 Å². The zero-order valence-corrected chi connectivity index (χ0v) is 18.6. The van der Waals surface area contributed by atoms with Gasteiger partial charge in [0.25, 0.3) is 0 Å². The van der Waals surface area contributed by atoms with Gasteiger partial charge in [0.05, 0.1) is 17.5 Å². The fourth-order valence-electron chi connectivity index (χ4n) is 3.05. The highest BCUT2D eigenvalue weighted by Crippen LogP contribution is 2.44. The van der Waals surface area contributed by atoms with Crippen molar-refractivity contribution in [2.75, 3.05) is 17.7 Å². The topological polar surface area (TPSA) is 102 Å². The molecule has 10 heteroatoms. The molecule has 0 aliphatic carbocycles. The van der Waals surface area contributed by atoms with Crippen LogP contribution in [-0.2, 0) is 20.0 Å². The Morgan fingerprint density at radius 2 is 1.96 bits per heavy atom. The second-order valence-electron chi connectivity index (χ2n) is 7.59. The highest BCUT2D eigenvalue weighted by atomic mass is 79.9. The minimum Gasteiger partial charge on any atom is -0.459 e. The number of rotatable bonds is 4. The van der Waals surface area contributed by atoms with Crippen LogP contribution in [0.15, 0.2) is 28.1 Å². The lowest BCUT2D eigenvalue weighted by Crippen LogP contribution is -2.28. The quantitative estimate of drug-likeness (QED) is 0.383. The van der Waals surface area contributed by atoms with Gasteiger partial charge >= 0.3 is 5.97 Å². The van der Waals surface area contributed by atoms with E-state index < -0.39 is 15.8 Å². The smallest absolute Gasteiger partial charge is 0.343 e. The SMILES string of the molecule is CC(C)OC(=O)c1cnc(S(C)(=O)=O)nc1N1CC(C)(C)c2nc(Br)ccc21. The minimum absolute atomic E-state index is 0.104. The zero-order chi connectivity index (χ0) is 20.9. The number of hydrogen-bond donors (Lipinski definition) is 0. The largest absolute Gasteiger partial charge is 0.459 e. The maximum atomic E-state index is 12.6. The third kappa shape index (κ3) is 3.88. The predicted molar refractivity (Wildman–Crippen MR) is 108 cm³/mol. The number of ether oxygens (including phenoxy) is 1. The van der Waals surface area contributed by atoms with Gasteiger partial charge < -0.3 is 9.64 Å². The normalized spacial score (nSPS) is 15.6. The number of halogens is 1. The Labute approximate surface area is 172 Å². The minimum atomic E-state index is -3.66. The van der Waals surface area contributed by atoms with Gasteiger partial charge in [0.15, 0.2) is 5.82 Å². The van der Waals surface area contributed by atoms with Crippen LogP contribution in [0.4, 0.5) is 11.5 Å². The van der Waals surface area contributed by atoms with Crippen molar-refractivity contribution in [3.63, 3.8) is 0 Å². The molecule has 0 fully saturated rings. The Kier molecular flexibility index (Phi) is 5.22.